The van der Waals surface area contributed by atoms with Gasteiger partial charge in [0.1, 0.15) is 28.4 Å². The molecule has 10 heteroatoms. The average molecular weight is 963 g/mol. The Morgan fingerprint density at radius 3 is 1.04 bits per heavy atom. The van der Waals surface area contributed by atoms with E-state index >= 15 is 9.59 Å². The number of nitrogens with one attached hydrogen (secondary N) is 2. The van der Waals surface area contributed by atoms with Crippen LogP contribution in [-0.2, 0) is 35.3 Å². The highest BCUT2D eigenvalue weighted by molar-refractivity contribution is 6.06. The Bertz CT molecular complexity index is 2880. The summed E-state index contributed by atoms with van der Waals surface area (Å²) in [5.41, 5.74) is -0.770. The number of amides is 2. The molecule has 9 rings (SSSR count). The molecule has 0 aromatic heterocycles. The third-order valence-electron chi connectivity index (χ3n) is 14.7. The molecular weight excluding hydrogens is 901 g/mol. The van der Waals surface area contributed by atoms with Gasteiger partial charge >= 0.3 is 0 Å². The number of hydrogen-bond donors (Lipinski definition) is 4. The molecule has 1 aliphatic carbocycles. The van der Waals surface area contributed by atoms with E-state index in [1.54, 1.807) is 28.4 Å². The van der Waals surface area contributed by atoms with E-state index in [0.717, 1.165) is 43.8 Å². The molecule has 1 aliphatic rings. The Hall–Kier alpha value is -7.66. The highest BCUT2D eigenvalue weighted by atomic mass is 16.5. The second kappa shape index (κ2) is 21.4. The van der Waals surface area contributed by atoms with Gasteiger partial charge in [0, 0.05) is 25.7 Å². The zero-order valence-electron chi connectivity index (χ0n) is 41.3. The van der Waals surface area contributed by atoms with Gasteiger partial charge in [-0.2, -0.15) is 0 Å². The van der Waals surface area contributed by atoms with Crippen molar-refractivity contribution in [3.8, 4) is 23.0 Å². The van der Waals surface area contributed by atoms with E-state index in [1.807, 2.05) is 182 Å². The summed E-state index contributed by atoms with van der Waals surface area (Å²) < 4.78 is 23.4. The van der Waals surface area contributed by atoms with Crippen LogP contribution >= 0.6 is 0 Å². The SMILES string of the molecule is COc1ccccc1CC(O)(Cc1ccccc1OC)[C@@H](NC(=O)C1(C(=O)N[C@@H](c2cccc3ccccc23)C(O)(Cc2ccccc2OC)Cc2ccccc2OC)CCC1)c1cccc2ccccc12. The Morgan fingerprint density at radius 2 is 0.736 bits per heavy atom. The van der Waals surface area contributed by atoms with Gasteiger partial charge in [-0.25, -0.2) is 0 Å². The van der Waals surface area contributed by atoms with Crippen molar-refractivity contribution in [2.75, 3.05) is 28.4 Å². The monoisotopic (exact) mass is 962 g/mol. The molecule has 1 saturated carbocycles. The molecule has 0 radical (unpaired) electrons. The molecule has 0 unspecified atom stereocenters. The first-order chi connectivity index (χ1) is 35.0. The highest BCUT2D eigenvalue weighted by Gasteiger charge is 2.55. The summed E-state index contributed by atoms with van der Waals surface area (Å²) in [7, 11) is 6.39. The number of fused-ring (bicyclic) bond motifs is 2. The molecule has 0 spiro atoms. The minimum Gasteiger partial charge on any atom is -0.496 e. The van der Waals surface area contributed by atoms with Crippen molar-refractivity contribution in [1.29, 1.82) is 0 Å². The Morgan fingerprint density at radius 1 is 0.444 bits per heavy atom. The van der Waals surface area contributed by atoms with Gasteiger partial charge in [0.25, 0.3) is 0 Å². The van der Waals surface area contributed by atoms with Crippen LogP contribution in [0.15, 0.2) is 182 Å². The van der Waals surface area contributed by atoms with Crippen LogP contribution in [0, 0.1) is 5.41 Å². The number of carbonyl (C=O) groups excluding carboxylic acids is 2. The molecule has 0 saturated heterocycles. The van der Waals surface area contributed by atoms with Gasteiger partial charge in [-0.05, 0) is 92.0 Å². The fourth-order valence-electron chi connectivity index (χ4n) is 10.9. The van der Waals surface area contributed by atoms with Crippen LogP contribution in [-0.4, -0.2) is 61.7 Å². The van der Waals surface area contributed by atoms with Crippen molar-refractivity contribution in [3.63, 3.8) is 0 Å². The van der Waals surface area contributed by atoms with Crippen LogP contribution in [0.5, 0.6) is 23.0 Å². The quantitative estimate of drug-likeness (QED) is 0.0555. The Balaban J connectivity index is 1.18. The Kier molecular flexibility index (Phi) is 14.6. The summed E-state index contributed by atoms with van der Waals surface area (Å²) in [5, 5.41) is 37.8. The van der Waals surface area contributed by atoms with Crippen LogP contribution in [0.2, 0.25) is 0 Å². The largest absolute Gasteiger partial charge is 0.496 e. The number of aliphatic hydroxyl groups is 2. The average Bonchev–Trinajstić information content (AvgIpc) is 3.39. The zero-order valence-corrected chi connectivity index (χ0v) is 41.3. The van der Waals surface area contributed by atoms with Crippen LogP contribution in [0.4, 0.5) is 0 Å². The predicted octanol–water partition coefficient (Wildman–Crippen LogP) is 10.6. The molecule has 0 bridgehead atoms. The molecule has 368 valence electrons. The lowest BCUT2D eigenvalue weighted by atomic mass is 9.66. The standard InChI is InChI=1S/C62H62N2O8/c1-69-52-32-13-7-22-44(52)38-61(67,39-45-23-8-14-33-53(45)70-2)56(50-30-17-26-42-20-5-11-28-48(42)50)63-58(65)60(36-19-37-60)59(66)64-57(51-31-18-27-43-21-6-12-29-49(43)51)62(68,40-46-24-9-15-34-54(46)71-3)41-47-25-10-16-35-55(47)72-4/h5-18,20-35,56-57,67-68H,19,36-41H2,1-4H3,(H,63,65)(H,64,66)/t56-,57-/m0/s1. The van der Waals surface area contributed by atoms with E-state index in [2.05, 4.69) is 10.6 Å². The van der Waals surface area contributed by atoms with Gasteiger partial charge in [0.15, 0.2) is 0 Å². The smallest absolute Gasteiger partial charge is 0.236 e. The third-order valence-corrected chi connectivity index (χ3v) is 14.7. The van der Waals surface area contributed by atoms with E-state index < -0.39 is 40.5 Å². The third kappa shape index (κ3) is 9.85. The lowest BCUT2D eigenvalue weighted by Gasteiger charge is -2.45. The maximum atomic E-state index is 15.8. The Labute approximate surface area is 421 Å². The summed E-state index contributed by atoms with van der Waals surface area (Å²) in [5.74, 6) is 1.28. The predicted molar refractivity (Wildman–Crippen MR) is 283 cm³/mol. The molecule has 2 amide bonds. The molecule has 0 heterocycles. The number of ether oxygens (including phenoxy) is 4. The molecule has 1 fully saturated rings. The molecule has 8 aromatic rings. The maximum absolute atomic E-state index is 15.8. The summed E-state index contributed by atoms with van der Waals surface area (Å²) in [6, 6.07) is 55.5. The number of carbonyl (C=O) groups is 2. The van der Waals surface area contributed by atoms with Gasteiger partial charge in [0.05, 0.1) is 51.7 Å². The first kappa shape index (κ1) is 49.3. The normalized spacial score (nSPS) is 14.1. The van der Waals surface area contributed by atoms with Crippen LogP contribution in [0.25, 0.3) is 21.5 Å². The number of hydrogen-bond acceptors (Lipinski definition) is 8. The molecule has 0 aliphatic heterocycles. The second-order valence-electron chi connectivity index (χ2n) is 19.0. The van der Waals surface area contributed by atoms with Crippen molar-refractivity contribution in [1.82, 2.24) is 10.6 Å². The highest BCUT2D eigenvalue weighted by Crippen LogP contribution is 2.47. The zero-order chi connectivity index (χ0) is 50.3. The van der Waals surface area contributed by atoms with E-state index in [0.29, 0.717) is 40.5 Å². The van der Waals surface area contributed by atoms with E-state index in [-0.39, 0.29) is 38.5 Å². The number of benzene rings is 8. The second-order valence-corrected chi connectivity index (χ2v) is 19.0. The van der Waals surface area contributed by atoms with Crippen LogP contribution in [0.1, 0.15) is 64.7 Å². The molecule has 10 nitrogen and oxygen atoms in total. The minimum atomic E-state index is -1.74. The van der Waals surface area contributed by atoms with E-state index in [4.69, 9.17) is 18.9 Å². The maximum Gasteiger partial charge on any atom is 0.236 e. The topological polar surface area (TPSA) is 136 Å². The van der Waals surface area contributed by atoms with Gasteiger partial charge in [-0.3, -0.25) is 9.59 Å². The molecule has 8 aromatic carbocycles. The molecule has 4 N–H and O–H groups in total. The number of rotatable bonds is 20. The lowest BCUT2D eigenvalue weighted by Crippen LogP contribution is -2.61. The number of para-hydroxylation sites is 4. The lowest BCUT2D eigenvalue weighted by molar-refractivity contribution is -0.153. The number of methoxy groups -OCH3 is 4. The van der Waals surface area contributed by atoms with Crippen molar-refractivity contribution < 1.29 is 38.7 Å². The fourth-order valence-corrected chi connectivity index (χ4v) is 10.9. The summed E-state index contributed by atoms with van der Waals surface area (Å²) >= 11 is 0. The van der Waals surface area contributed by atoms with Gasteiger partial charge in [-0.15, -0.1) is 0 Å². The fraction of sp³-hybridized carbons (Fsp3) is 0.258. The van der Waals surface area contributed by atoms with Crippen molar-refractivity contribution >= 4 is 33.4 Å². The van der Waals surface area contributed by atoms with Gasteiger partial charge in [0.2, 0.25) is 11.8 Å². The molecule has 2 atom stereocenters. The van der Waals surface area contributed by atoms with E-state index in [1.165, 1.54) is 0 Å². The molecule has 72 heavy (non-hydrogen) atoms. The van der Waals surface area contributed by atoms with Gasteiger partial charge in [-0.1, -0.05) is 164 Å². The van der Waals surface area contributed by atoms with E-state index in [9.17, 15) is 10.2 Å². The van der Waals surface area contributed by atoms with Crippen LogP contribution < -0.4 is 29.6 Å². The molecular formula is C62H62N2O8. The summed E-state index contributed by atoms with van der Waals surface area (Å²) in [4.78, 5) is 31.6. The first-order valence-corrected chi connectivity index (χ1v) is 24.5. The minimum absolute atomic E-state index is 0.0600. The first-order valence-electron chi connectivity index (χ1n) is 24.5. The van der Waals surface area contributed by atoms with Crippen molar-refractivity contribution in [2.24, 2.45) is 5.41 Å². The van der Waals surface area contributed by atoms with Crippen LogP contribution in [0.3, 0.4) is 0 Å². The van der Waals surface area contributed by atoms with Crippen molar-refractivity contribution in [2.45, 2.75) is 68.2 Å². The van der Waals surface area contributed by atoms with Gasteiger partial charge < -0.3 is 39.8 Å². The summed E-state index contributed by atoms with van der Waals surface area (Å²) in [6.07, 6.45) is 1.33. The van der Waals surface area contributed by atoms with Crippen molar-refractivity contribution in [3.05, 3.63) is 215 Å². The summed E-state index contributed by atoms with van der Waals surface area (Å²) in [6.45, 7) is 0.